The molecule has 0 aromatic rings. The maximum Gasteiger partial charge on any atom is 0.314 e. The fourth-order valence-electron chi connectivity index (χ4n) is 6.13. The van der Waals surface area contributed by atoms with Crippen LogP contribution in [0.3, 0.4) is 0 Å². The molecule has 1 saturated heterocycles. The minimum atomic E-state index is -2.63. The van der Waals surface area contributed by atoms with Crippen molar-refractivity contribution in [3.05, 3.63) is 0 Å². The van der Waals surface area contributed by atoms with Gasteiger partial charge in [0.25, 0.3) is 0 Å². The molecule has 0 radical (unpaired) electrons. The first-order valence-electron chi connectivity index (χ1n) is 14.1. The van der Waals surface area contributed by atoms with Gasteiger partial charge in [0.05, 0.1) is 0 Å². The highest BCUT2D eigenvalue weighted by Crippen LogP contribution is 2.32. The van der Waals surface area contributed by atoms with Gasteiger partial charge < -0.3 is 41.2 Å². The average Bonchev–Trinajstić information content (AvgIpc) is 2.38. The van der Waals surface area contributed by atoms with Crippen LogP contribution in [0.25, 0.3) is 0 Å². The third-order valence-corrected chi connectivity index (χ3v) is 44.2. The molecule has 0 unspecified atom stereocenters. The molecule has 1 heterocycles. The van der Waals surface area contributed by atoms with Crippen molar-refractivity contribution in [3.63, 3.8) is 0 Å². The third kappa shape index (κ3) is 15.7. The van der Waals surface area contributed by atoms with Crippen LogP contribution < -0.4 is 0 Å². The molecule has 1 rings (SSSR count). The van der Waals surface area contributed by atoms with Crippen LogP contribution in [-0.4, -0.2) is 85.6 Å². The van der Waals surface area contributed by atoms with Crippen LogP contribution in [0, 0.1) is 0 Å². The first kappa shape index (κ1) is 39.8. The monoisotopic (exact) mass is 740 g/mol. The lowest BCUT2D eigenvalue weighted by Gasteiger charge is -2.46. The van der Waals surface area contributed by atoms with Crippen molar-refractivity contribution in [2.45, 2.75) is 131 Å². The summed E-state index contributed by atoms with van der Waals surface area (Å²) in [4.78, 5) is 0. The largest absolute Gasteiger partial charge is 0.416 e. The summed E-state index contributed by atoms with van der Waals surface area (Å²) >= 11 is 0. The summed E-state index contributed by atoms with van der Waals surface area (Å²) in [7, 11) is -26.3. The Labute approximate surface area is 256 Å². The van der Waals surface area contributed by atoms with Crippen molar-refractivity contribution >= 4 is 85.6 Å². The second kappa shape index (κ2) is 12.5. The van der Waals surface area contributed by atoms with E-state index in [9.17, 15) is 0 Å². The highest BCUT2D eigenvalue weighted by atomic mass is 28.5. The normalized spacial score (nSPS) is 31.5. The number of hydrogen-bond donors (Lipinski definition) is 0. The summed E-state index contributed by atoms with van der Waals surface area (Å²) in [5.74, 6) is 0. The fraction of sp³-hybridized carbons (Fsp3) is 1.00. The molecule has 0 spiro atoms. The SMILES string of the molecule is C[Si]1(C)O[Si](C)(C)O[Si](C)(C)O[Si](C)(C)O[Si](C)(C)O[Si](C)(C)O[Si](C)(C)O[Si](C)(C)O[Si](C)(C)O[Si](C)(C)O1. The molecule has 1 aliphatic rings. The highest BCUT2D eigenvalue weighted by molar-refractivity contribution is 6.94. The molecule has 0 aliphatic carbocycles. The Kier molecular flexibility index (Phi) is 12.5. The van der Waals surface area contributed by atoms with E-state index < -0.39 is 85.6 Å². The minimum Gasteiger partial charge on any atom is -0.416 e. The zero-order valence-electron chi connectivity index (χ0n) is 29.1. The molecule has 0 aromatic heterocycles. The zero-order chi connectivity index (χ0) is 32.1. The zero-order valence-corrected chi connectivity index (χ0v) is 39.1. The van der Waals surface area contributed by atoms with Gasteiger partial charge in [-0.2, -0.15) is 0 Å². The molecule has 0 amide bonds. The van der Waals surface area contributed by atoms with Gasteiger partial charge in [0, 0.05) is 0 Å². The van der Waals surface area contributed by atoms with E-state index in [4.69, 9.17) is 41.2 Å². The molecule has 0 N–H and O–H groups in total. The van der Waals surface area contributed by atoms with Crippen molar-refractivity contribution in [3.8, 4) is 0 Å². The fourth-order valence-corrected chi connectivity index (χ4v) is 58.9. The smallest absolute Gasteiger partial charge is 0.314 e. The molecule has 240 valence electrons. The van der Waals surface area contributed by atoms with Gasteiger partial charge >= 0.3 is 85.6 Å². The first-order chi connectivity index (χ1) is 17.1. The Balaban J connectivity index is 3.50. The lowest BCUT2D eigenvalue weighted by molar-refractivity contribution is 0.242. The van der Waals surface area contributed by atoms with Gasteiger partial charge in [-0.3, -0.25) is 0 Å². The first-order valence-corrected chi connectivity index (χ1v) is 42.2. The standard InChI is InChI=1S/C20H60O10Si10/c1-31(2)21-32(3,4)23-34(7,8)25-36(11,12)27-38(15,16)29-40(19,20)30-39(17,18)28-37(13,14)26-35(9,10)24-33(5,6)22-31/h1-20H3. The van der Waals surface area contributed by atoms with E-state index in [1.807, 2.05) is 0 Å². The van der Waals surface area contributed by atoms with Gasteiger partial charge in [-0.15, -0.1) is 0 Å². The average molecular weight is 742 g/mol. The molecule has 1 aliphatic heterocycles. The van der Waals surface area contributed by atoms with Gasteiger partial charge in [0.15, 0.2) is 0 Å². The molecular formula is C20H60O10Si10. The van der Waals surface area contributed by atoms with Gasteiger partial charge in [0.1, 0.15) is 0 Å². The molecule has 0 atom stereocenters. The van der Waals surface area contributed by atoms with E-state index in [1.54, 1.807) is 0 Å². The molecule has 10 nitrogen and oxygen atoms in total. The summed E-state index contributed by atoms with van der Waals surface area (Å²) in [6.07, 6.45) is 0. The van der Waals surface area contributed by atoms with E-state index in [0.29, 0.717) is 0 Å². The lowest BCUT2D eigenvalue weighted by atomic mass is 11.9. The molecular weight excluding hydrogens is 681 g/mol. The van der Waals surface area contributed by atoms with Crippen molar-refractivity contribution < 1.29 is 41.2 Å². The Hall–Kier alpha value is 1.77. The quantitative estimate of drug-likeness (QED) is 0.238. The maximum atomic E-state index is 6.71. The predicted octanol–water partition coefficient (Wildman–Crippen LogP) is 7.18. The minimum absolute atomic E-state index is 2.06. The summed E-state index contributed by atoms with van der Waals surface area (Å²) in [5.41, 5.74) is 0. The Morgan fingerprint density at radius 1 is 0.150 bits per heavy atom. The van der Waals surface area contributed by atoms with Crippen molar-refractivity contribution in [2.75, 3.05) is 0 Å². The van der Waals surface area contributed by atoms with Crippen LogP contribution in [0.15, 0.2) is 0 Å². The lowest BCUT2D eigenvalue weighted by Crippen LogP contribution is -2.64. The van der Waals surface area contributed by atoms with Crippen LogP contribution in [0.4, 0.5) is 0 Å². The molecule has 40 heavy (non-hydrogen) atoms. The third-order valence-electron chi connectivity index (χ3n) is 4.92. The highest BCUT2D eigenvalue weighted by Gasteiger charge is 2.52. The van der Waals surface area contributed by atoms with Gasteiger partial charge in [-0.05, 0) is 131 Å². The van der Waals surface area contributed by atoms with E-state index in [0.717, 1.165) is 0 Å². The Morgan fingerprint density at radius 2 is 0.200 bits per heavy atom. The van der Waals surface area contributed by atoms with Crippen LogP contribution in [0.5, 0.6) is 0 Å². The van der Waals surface area contributed by atoms with Crippen LogP contribution in [0.1, 0.15) is 0 Å². The molecule has 0 saturated carbocycles. The van der Waals surface area contributed by atoms with Crippen molar-refractivity contribution in [1.29, 1.82) is 0 Å². The van der Waals surface area contributed by atoms with Gasteiger partial charge in [0.2, 0.25) is 0 Å². The topological polar surface area (TPSA) is 92.3 Å². The molecule has 0 bridgehead atoms. The molecule has 1 fully saturated rings. The van der Waals surface area contributed by atoms with Crippen LogP contribution in [0.2, 0.25) is 131 Å². The van der Waals surface area contributed by atoms with E-state index in [2.05, 4.69) is 131 Å². The maximum absolute atomic E-state index is 6.71. The van der Waals surface area contributed by atoms with Crippen LogP contribution >= 0.6 is 0 Å². The predicted molar refractivity (Wildman–Crippen MR) is 186 cm³/mol. The summed E-state index contributed by atoms with van der Waals surface area (Å²) in [5, 5.41) is 0. The van der Waals surface area contributed by atoms with Crippen LogP contribution in [-0.2, 0) is 41.2 Å². The van der Waals surface area contributed by atoms with Crippen molar-refractivity contribution in [1.82, 2.24) is 0 Å². The molecule has 20 heteroatoms. The van der Waals surface area contributed by atoms with Gasteiger partial charge in [-0.1, -0.05) is 0 Å². The summed E-state index contributed by atoms with van der Waals surface area (Å²) < 4.78 is 67.1. The molecule has 0 aromatic carbocycles. The number of rotatable bonds is 0. The van der Waals surface area contributed by atoms with E-state index in [-0.39, 0.29) is 0 Å². The Bertz CT molecular complexity index is 606. The van der Waals surface area contributed by atoms with Gasteiger partial charge in [-0.25, -0.2) is 0 Å². The van der Waals surface area contributed by atoms with E-state index in [1.165, 1.54) is 0 Å². The van der Waals surface area contributed by atoms with Crippen molar-refractivity contribution in [2.24, 2.45) is 0 Å². The van der Waals surface area contributed by atoms with E-state index >= 15 is 0 Å². The summed E-state index contributed by atoms with van der Waals surface area (Å²) in [6.45, 7) is 41.2. The second-order valence-corrected chi connectivity index (χ2v) is 51.2. The second-order valence-electron chi connectivity index (χ2n) is 15.0. The number of hydrogen-bond acceptors (Lipinski definition) is 10. The Morgan fingerprint density at radius 3 is 0.250 bits per heavy atom. The summed E-state index contributed by atoms with van der Waals surface area (Å²) in [6, 6.07) is 0.